The van der Waals surface area contributed by atoms with E-state index in [1.807, 2.05) is 0 Å². The van der Waals surface area contributed by atoms with Crippen molar-refractivity contribution >= 4 is 31.1 Å². The smallest absolute Gasteiger partial charge is 0.168 e. The number of benzene rings is 2. The predicted octanol–water partition coefficient (Wildman–Crippen LogP) is 5.90. The summed E-state index contributed by atoms with van der Waals surface area (Å²) in [5, 5.41) is 5.32. The topological polar surface area (TPSA) is 0 Å². The van der Waals surface area contributed by atoms with Crippen molar-refractivity contribution in [2.24, 2.45) is 0 Å². The van der Waals surface area contributed by atoms with Crippen molar-refractivity contribution in [2.45, 2.75) is 13.1 Å². The summed E-state index contributed by atoms with van der Waals surface area (Å²) in [5.74, 6) is 0. The minimum Gasteiger partial charge on any atom is -0.168 e. The van der Waals surface area contributed by atoms with Crippen molar-refractivity contribution < 1.29 is 21.7 Å². The molecule has 0 aliphatic carbocycles. The molecule has 0 heterocycles. The van der Waals surface area contributed by atoms with Crippen LogP contribution in [-0.2, 0) is 21.7 Å². The maximum Gasteiger partial charge on any atom is 3.00 e. The van der Waals surface area contributed by atoms with Crippen LogP contribution in [0, 0.1) is 0 Å². The van der Waals surface area contributed by atoms with Crippen molar-refractivity contribution in [1.29, 1.82) is 0 Å². The van der Waals surface area contributed by atoms with E-state index < -0.39 is 0 Å². The summed E-state index contributed by atoms with van der Waals surface area (Å²) in [7, 11) is 1.08. The van der Waals surface area contributed by atoms with Crippen LogP contribution >= 0.6 is 0 Å². The van der Waals surface area contributed by atoms with E-state index in [0.717, 1.165) is 9.52 Å². The second kappa shape index (κ2) is 10.3. The van der Waals surface area contributed by atoms with Gasteiger partial charge in [-0.2, -0.15) is 35.0 Å². The van der Waals surface area contributed by atoms with E-state index in [4.69, 9.17) is 0 Å². The third-order valence-corrected chi connectivity index (χ3v) is 3.10. The van der Waals surface area contributed by atoms with Crippen LogP contribution in [0.5, 0.6) is 0 Å². The predicted molar refractivity (Wildman–Crippen MR) is 96.6 cm³/mol. The molecular formula is C20H20SiTi+. The number of hydrogen-bond acceptors (Lipinski definition) is 0. The summed E-state index contributed by atoms with van der Waals surface area (Å²) in [6.07, 6.45) is 0. The first-order valence-electron chi connectivity index (χ1n) is 7.14. The van der Waals surface area contributed by atoms with Crippen molar-refractivity contribution in [3.05, 3.63) is 84.9 Å². The number of rotatable bonds is 0. The molecule has 0 amide bonds. The van der Waals surface area contributed by atoms with Crippen LogP contribution in [0.25, 0.3) is 21.5 Å². The van der Waals surface area contributed by atoms with Gasteiger partial charge in [0.15, 0.2) is 0 Å². The Hall–Kier alpha value is -1.41. The molecule has 0 N–H and O–H groups in total. The largest absolute Gasteiger partial charge is 3.00 e. The molecular weight excluding hydrogens is 316 g/mol. The summed E-state index contributed by atoms with van der Waals surface area (Å²) < 4.78 is 0. The third kappa shape index (κ3) is 5.42. The Morgan fingerprint density at radius 1 is 0.636 bits per heavy atom. The normalized spacial score (nSPS) is 9.18. The molecule has 0 aromatic heterocycles. The van der Waals surface area contributed by atoms with Gasteiger partial charge in [-0.15, -0.1) is 59.3 Å². The molecule has 0 bridgehead atoms. The summed E-state index contributed by atoms with van der Waals surface area (Å²) in [6.45, 7) is 4.31. The zero-order valence-electron chi connectivity index (χ0n) is 13.1. The molecule has 4 aromatic rings. The van der Waals surface area contributed by atoms with Crippen LogP contribution in [0.3, 0.4) is 0 Å². The molecule has 0 atom stereocenters. The van der Waals surface area contributed by atoms with Crippen LogP contribution in [0.2, 0.25) is 13.1 Å². The van der Waals surface area contributed by atoms with Gasteiger partial charge in [0.2, 0.25) is 0 Å². The molecule has 0 aliphatic heterocycles. The molecule has 0 saturated heterocycles. The maximum absolute atomic E-state index is 2.15. The fourth-order valence-corrected chi connectivity index (χ4v) is 2.14. The van der Waals surface area contributed by atoms with E-state index in [1.165, 1.54) is 21.5 Å². The Kier molecular flexibility index (Phi) is 8.76. The minimum atomic E-state index is 0. The Morgan fingerprint density at radius 3 is 1.36 bits per heavy atom. The van der Waals surface area contributed by atoms with E-state index in [2.05, 4.69) is 98.0 Å². The molecule has 2 heteroatoms. The zero-order chi connectivity index (χ0) is 14.9. The van der Waals surface area contributed by atoms with E-state index in [0.29, 0.717) is 0 Å². The van der Waals surface area contributed by atoms with Gasteiger partial charge in [-0.3, -0.25) is 0 Å². The van der Waals surface area contributed by atoms with Gasteiger partial charge < -0.3 is 0 Å². The number of fused-ring (bicyclic) bond motifs is 2. The molecule has 0 spiro atoms. The first-order valence-corrected chi connectivity index (χ1v) is 9.14. The van der Waals surface area contributed by atoms with Crippen LogP contribution in [0.1, 0.15) is 0 Å². The second-order valence-electron chi connectivity index (χ2n) is 4.81. The Morgan fingerprint density at radius 2 is 1.00 bits per heavy atom. The molecule has 0 fully saturated rings. The summed E-state index contributed by atoms with van der Waals surface area (Å²) >= 11 is 0. The van der Waals surface area contributed by atoms with Gasteiger partial charge in [0.25, 0.3) is 0 Å². The zero-order valence-corrected chi connectivity index (χ0v) is 15.6. The van der Waals surface area contributed by atoms with Gasteiger partial charge >= 0.3 is 21.7 Å². The van der Waals surface area contributed by atoms with Gasteiger partial charge in [-0.25, -0.2) is 0 Å². The average Bonchev–Trinajstić information content (AvgIpc) is 3.17. The van der Waals surface area contributed by atoms with E-state index in [1.54, 1.807) is 0 Å². The van der Waals surface area contributed by atoms with Gasteiger partial charge in [-0.05, 0) is 0 Å². The second-order valence-corrected chi connectivity index (χ2v) is 5.81. The monoisotopic (exact) mass is 336 g/mol. The fraction of sp³-hybridized carbons (Fsp3) is 0.100. The van der Waals surface area contributed by atoms with Crippen molar-refractivity contribution in [3.8, 4) is 0 Å². The van der Waals surface area contributed by atoms with Gasteiger partial charge in [-0.1, -0.05) is 25.2 Å². The van der Waals surface area contributed by atoms with Crippen LogP contribution in [-0.4, -0.2) is 9.52 Å². The SMILES string of the molecule is C[Si]C.[Ti+3].c1ccc2[cH-]ccc2c1.c1ccc2[cH-]ccc2c1. The third-order valence-electron chi connectivity index (χ3n) is 3.10. The van der Waals surface area contributed by atoms with Crippen LogP contribution < -0.4 is 0 Å². The molecule has 22 heavy (non-hydrogen) atoms. The minimum absolute atomic E-state index is 0. The Labute approximate surface area is 150 Å². The van der Waals surface area contributed by atoms with E-state index in [-0.39, 0.29) is 21.7 Å². The first-order chi connectivity index (χ1) is 10.3. The summed E-state index contributed by atoms with van der Waals surface area (Å²) in [5.41, 5.74) is 0. The molecule has 0 nitrogen and oxygen atoms in total. The molecule has 0 saturated carbocycles. The molecule has 3 radical (unpaired) electrons. The summed E-state index contributed by atoms with van der Waals surface area (Å²) in [6, 6.07) is 29.3. The van der Waals surface area contributed by atoms with Crippen molar-refractivity contribution in [3.63, 3.8) is 0 Å². The molecule has 0 unspecified atom stereocenters. The van der Waals surface area contributed by atoms with Gasteiger partial charge in [0.05, 0.1) is 0 Å². The van der Waals surface area contributed by atoms with Crippen LogP contribution in [0.4, 0.5) is 0 Å². The van der Waals surface area contributed by atoms with Crippen molar-refractivity contribution in [1.82, 2.24) is 0 Å². The Balaban J connectivity index is 0.000000181. The average molecular weight is 336 g/mol. The molecule has 4 aromatic carbocycles. The van der Waals surface area contributed by atoms with Gasteiger partial charge in [0, 0.05) is 9.52 Å². The number of hydrogen-bond donors (Lipinski definition) is 0. The molecule has 107 valence electrons. The van der Waals surface area contributed by atoms with Gasteiger partial charge in [0.1, 0.15) is 0 Å². The fourth-order valence-electron chi connectivity index (χ4n) is 2.14. The van der Waals surface area contributed by atoms with Crippen molar-refractivity contribution in [2.75, 3.05) is 0 Å². The first kappa shape index (κ1) is 18.6. The Bertz CT molecular complexity index is 641. The van der Waals surface area contributed by atoms with E-state index in [9.17, 15) is 0 Å². The van der Waals surface area contributed by atoms with Crippen LogP contribution in [0.15, 0.2) is 84.9 Å². The van der Waals surface area contributed by atoms with E-state index >= 15 is 0 Å². The summed E-state index contributed by atoms with van der Waals surface area (Å²) in [4.78, 5) is 0. The quantitative estimate of drug-likeness (QED) is 0.277. The standard InChI is InChI=1S/2C9H7.C2H6Si.Ti/c2*1-2-5-9-7-3-6-8(9)4-1;1-3-2;/h2*1-7H;1-2H3;/q2*-1;;+3. The molecule has 0 aliphatic rings. The maximum atomic E-state index is 2.15. The molecule has 4 rings (SSSR count).